The molecule has 6 heteroatoms. The number of aryl methyl sites for hydroxylation is 1. The van der Waals surface area contributed by atoms with E-state index in [2.05, 4.69) is 10.3 Å². The summed E-state index contributed by atoms with van der Waals surface area (Å²) in [6, 6.07) is 20.7. The first-order valence-electron chi connectivity index (χ1n) is 9.52. The molecule has 0 aliphatic rings. The third-order valence-corrected chi connectivity index (χ3v) is 4.94. The first-order chi connectivity index (χ1) is 14.5. The summed E-state index contributed by atoms with van der Waals surface area (Å²) < 4.78 is 5.24. The Kier molecular flexibility index (Phi) is 5.22. The molecule has 2 amide bonds. The van der Waals surface area contributed by atoms with Crippen molar-refractivity contribution in [1.29, 1.82) is 0 Å². The van der Waals surface area contributed by atoms with Gasteiger partial charge in [0, 0.05) is 17.0 Å². The lowest BCUT2D eigenvalue weighted by molar-refractivity contribution is 0.0947. The zero-order valence-corrected chi connectivity index (χ0v) is 16.4. The normalized spacial score (nSPS) is 10.7. The van der Waals surface area contributed by atoms with Crippen LogP contribution in [-0.2, 0) is 6.54 Å². The zero-order chi connectivity index (χ0) is 21.1. The van der Waals surface area contributed by atoms with Crippen LogP contribution >= 0.6 is 0 Å². The summed E-state index contributed by atoms with van der Waals surface area (Å²) in [5.74, 6) is 0.0913. The van der Waals surface area contributed by atoms with E-state index in [9.17, 15) is 9.59 Å². The predicted octanol–water partition coefficient (Wildman–Crippen LogP) is 4.28. The molecule has 0 saturated heterocycles. The Morgan fingerprint density at radius 2 is 1.73 bits per heavy atom. The summed E-state index contributed by atoms with van der Waals surface area (Å²) in [6.07, 6.45) is 1.58. The van der Waals surface area contributed by atoms with Gasteiger partial charge in [0.25, 0.3) is 11.8 Å². The minimum atomic E-state index is -0.450. The molecule has 6 nitrogen and oxygen atoms in total. The molecule has 0 aliphatic carbocycles. The van der Waals surface area contributed by atoms with Crippen molar-refractivity contribution in [3.05, 3.63) is 95.6 Å². The number of benzene rings is 2. The summed E-state index contributed by atoms with van der Waals surface area (Å²) in [4.78, 5) is 27.1. The van der Waals surface area contributed by atoms with Crippen molar-refractivity contribution in [3.8, 4) is 22.4 Å². The summed E-state index contributed by atoms with van der Waals surface area (Å²) in [5, 5.41) is 2.85. The number of aromatic nitrogens is 1. The average molecular weight is 399 g/mol. The van der Waals surface area contributed by atoms with Gasteiger partial charge in [-0.15, -0.1) is 0 Å². The minimum absolute atomic E-state index is 0.161. The zero-order valence-electron chi connectivity index (χ0n) is 16.4. The van der Waals surface area contributed by atoms with Crippen molar-refractivity contribution < 1.29 is 14.0 Å². The van der Waals surface area contributed by atoms with E-state index in [-0.39, 0.29) is 5.91 Å². The summed E-state index contributed by atoms with van der Waals surface area (Å²) in [5.41, 5.74) is 10.9. The molecule has 30 heavy (non-hydrogen) atoms. The quantitative estimate of drug-likeness (QED) is 0.451. The number of primary amides is 1. The maximum atomic E-state index is 12.5. The second kappa shape index (κ2) is 8.13. The number of amides is 2. The number of carbonyl (C=O) groups is 2. The van der Waals surface area contributed by atoms with Crippen molar-refractivity contribution in [3.63, 3.8) is 0 Å². The first kappa shape index (κ1) is 19.3. The fourth-order valence-corrected chi connectivity index (χ4v) is 3.33. The van der Waals surface area contributed by atoms with Gasteiger partial charge in [-0.3, -0.25) is 9.59 Å². The van der Waals surface area contributed by atoms with Crippen molar-refractivity contribution in [1.82, 2.24) is 10.3 Å². The van der Waals surface area contributed by atoms with Crippen molar-refractivity contribution in [2.75, 3.05) is 0 Å². The second-order valence-electron chi connectivity index (χ2n) is 7.01. The molecule has 150 valence electrons. The standard InChI is InChI=1S/C24H21N3O3/c1-15-21(23(25)28)13-22(27-15)17-9-7-16(8-10-17)18-4-2-5-19(12-18)24(29)26-14-20-6-3-11-30-20/h2-13,27H,14H2,1H3,(H2,25,28)(H,26,29). The van der Waals surface area contributed by atoms with E-state index in [0.717, 1.165) is 28.1 Å². The van der Waals surface area contributed by atoms with E-state index in [1.54, 1.807) is 24.5 Å². The highest BCUT2D eigenvalue weighted by Crippen LogP contribution is 2.26. The Morgan fingerprint density at radius 1 is 0.967 bits per heavy atom. The van der Waals surface area contributed by atoms with Crippen LogP contribution in [0.25, 0.3) is 22.4 Å². The van der Waals surface area contributed by atoms with Gasteiger partial charge < -0.3 is 20.5 Å². The second-order valence-corrected chi connectivity index (χ2v) is 7.01. The van der Waals surface area contributed by atoms with Crippen LogP contribution in [-0.4, -0.2) is 16.8 Å². The topological polar surface area (TPSA) is 101 Å². The summed E-state index contributed by atoms with van der Waals surface area (Å²) >= 11 is 0. The van der Waals surface area contributed by atoms with Crippen molar-refractivity contribution in [2.24, 2.45) is 5.73 Å². The monoisotopic (exact) mass is 399 g/mol. The van der Waals surface area contributed by atoms with Gasteiger partial charge >= 0.3 is 0 Å². The van der Waals surface area contributed by atoms with Crippen LogP contribution in [0.3, 0.4) is 0 Å². The van der Waals surface area contributed by atoms with E-state index in [1.165, 1.54) is 0 Å². The average Bonchev–Trinajstić information content (AvgIpc) is 3.42. The fourth-order valence-electron chi connectivity index (χ4n) is 3.33. The van der Waals surface area contributed by atoms with Crippen molar-refractivity contribution >= 4 is 11.8 Å². The molecule has 0 fully saturated rings. The Bertz CT molecular complexity index is 1190. The third kappa shape index (κ3) is 4.03. The number of aromatic amines is 1. The number of H-pyrrole nitrogens is 1. The highest BCUT2D eigenvalue weighted by atomic mass is 16.3. The lowest BCUT2D eigenvalue weighted by Crippen LogP contribution is -2.22. The van der Waals surface area contributed by atoms with E-state index in [1.807, 2.05) is 55.5 Å². The SMILES string of the molecule is Cc1[nH]c(-c2ccc(-c3cccc(C(=O)NCc4ccco4)c3)cc2)cc1C(N)=O. The fraction of sp³-hybridized carbons (Fsp3) is 0.0833. The molecular formula is C24H21N3O3. The van der Waals surface area contributed by atoms with Gasteiger partial charge in [-0.05, 0) is 53.9 Å². The predicted molar refractivity (Wildman–Crippen MR) is 115 cm³/mol. The van der Waals surface area contributed by atoms with Crippen molar-refractivity contribution in [2.45, 2.75) is 13.5 Å². The first-order valence-corrected chi connectivity index (χ1v) is 9.52. The van der Waals surface area contributed by atoms with Gasteiger partial charge in [0.1, 0.15) is 5.76 Å². The van der Waals surface area contributed by atoms with E-state index in [4.69, 9.17) is 10.2 Å². The molecule has 0 atom stereocenters. The molecule has 0 aliphatic heterocycles. The van der Waals surface area contributed by atoms with Crippen LogP contribution < -0.4 is 11.1 Å². The molecule has 0 saturated carbocycles. The highest BCUT2D eigenvalue weighted by Gasteiger charge is 2.11. The molecule has 0 bridgehead atoms. The van der Waals surface area contributed by atoms with Crippen LogP contribution in [0.1, 0.15) is 32.2 Å². The molecule has 4 rings (SSSR count). The Balaban J connectivity index is 1.51. The molecule has 4 N–H and O–H groups in total. The van der Waals surface area contributed by atoms with Gasteiger partial charge in [-0.1, -0.05) is 36.4 Å². The molecule has 0 spiro atoms. The van der Waals surface area contributed by atoms with E-state index in [0.29, 0.717) is 23.4 Å². The largest absolute Gasteiger partial charge is 0.467 e. The van der Waals surface area contributed by atoms with E-state index < -0.39 is 5.91 Å². The lowest BCUT2D eigenvalue weighted by Gasteiger charge is -2.07. The Morgan fingerprint density at radius 3 is 2.40 bits per heavy atom. The summed E-state index contributed by atoms with van der Waals surface area (Å²) in [6.45, 7) is 2.16. The maximum absolute atomic E-state index is 12.5. The number of hydrogen-bond donors (Lipinski definition) is 3. The number of rotatable bonds is 6. The van der Waals surface area contributed by atoms with E-state index >= 15 is 0 Å². The number of nitrogens with two attached hydrogens (primary N) is 1. The van der Waals surface area contributed by atoms with Gasteiger partial charge in [0.15, 0.2) is 0 Å². The molecule has 2 aromatic heterocycles. The Hall–Kier alpha value is -4.06. The number of nitrogens with one attached hydrogen (secondary N) is 2. The molecule has 2 heterocycles. The smallest absolute Gasteiger partial charge is 0.251 e. The molecular weight excluding hydrogens is 378 g/mol. The number of furan rings is 1. The van der Waals surface area contributed by atoms with Crippen LogP contribution in [0.5, 0.6) is 0 Å². The van der Waals surface area contributed by atoms with Gasteiger partial charge in [-0.2, -0.15) is 0 Å². The van der Waals surface area contributed by atoms with Gasteiger partial charge in [0.2, 0.25) is 0 Å². The van der Waals surface area contributed by atoms with Gasteiger partial charge in [0.05, 0.1) is 18.4 Å². The minimum Gasteiger partial charge on any atom is -0.467 e. The third-order valence-electron chi connectivity index (χ3n) is 4.94. The van der Waals surface area contributed by atoms with Crippen LogP contribution in [0.4, 0.5) is 0 Å². The van der Waals surface area contributed by atoms with Crippen LogP contribution in [0.15, 0.2) is 77.4 Å². The molecule has 0 unspecified atom stereocenters. The lowest BCUT2D eigenvalue weighted by atomic mass is 10.0. The molecule has 2 aromatic carbocycles. The van der Waals surface area contributed by atoms with Crippen LogP contribution in [0, 0.1) is 6.92 Å². The van der Waals surface area contributed by atoms with Gasteiger partial charge in [-0.25, -0.2) is 0 Å². The molecule has 0 radical (unpaired) electrons. The number of hydrogen-bond acceptors (Lipinski definition) is 3. The summed E-state index contributed by atoms with van der Waals surface area (Å²) in [7, 11) is 0. The van der Waals surface area contributed by atoms with Crippen LogP contribution in [0.2, 0.25) is 0 Å². The number of carbonyl (C=O) groups excluding carboxylic acids is 2. The Labute approximate surface area is 173 Å². The molecule has 4 aromatic rings. The highest BCUT2D eigenvalue weighted by molar-refractivity contribution is 5.96. The maximum Gasteiger partial charge on any atom is 0.251 e.